The van der Waals surface area contributed by atoms with Gasteiger partial charge in [-0.05, 0) is 32.0 Å². The van der Waals surface area contributed by atoms with Crippen LogP contribution in [0.3, 0.4) is 0 Å². The minimum atomic E-state index is -4.38. The molecule has 0 spiro atoms. The molecule has 150 valence electrons. The Morgan fingerprint density at radius 1 is 1.26 bits per heavy atom. The highest BCUT2D eigenvalue weighted by atomic mass is 127. The molecule has 0 aliphatic carbocycles. The lowest BCUT2D eigenvalue weighted by Gasteiger charge is -2.13. The molecule has 0 unspecified atom stereocenters. The molecule has 27 heavy (non-hydrogen) atoms. The van der Waals surface area contributed by atoms with Crippen molar-refractivity contribution in [3.63, 3.8) is 0 Å². The van der Waals surface area contributed by atoms with Crippen molar-refractivity contribution in [2.24, 2.45) is 4.99 Å². The third-order valence-corrected chi connectivity index (χ3v) is 4.60. The number of aryl methyl sites for hydroxylation is 2. The van der Waals surface area contributed by atoms with Gasteiger partial charge in [0.2, 0.25) is 0 Å². The summed E-state index contributed by atoms with van der Waals surface area (Å²) in [7, 11) is 1.64. The molecule has 1 heterocycles. The van der Waals surface area contributed by atoms with Gasteiger partial charge in [-0.1, -0.05) is 6.07 Å². The van der Waals surface area contributed by atoms with Gasteiger partial charge in [-0.3, -0.25) is 4.99 Å². The summed E-state index contributed by atoms with van der Waals surface area (Å²) in [4.78, 5) is 9.71. The summed E-state index contributed by atoms with van der Waals surface area (Å²) in [6.45, 7) is 5.14. The van der Waals surface area contributed by atoms with Crippen LogP contribution in [-0.4, -0.2) is 31.1 Å². The average Bonchev–Trinajstić information content (AvgIpc) is 2.92. The fraction of sp³-hybridized carbons (Fsp3) is 0.412. The number of benzene rings is 1. The number of aliphatic imine (C=N–C) groups is 1. The lowest BCUT2D eigenvalue weighted by atomic mass is 10.2. The van der Waals surface area contributed by atoms with Gasteiger partial charge in [0.05, 0.1) is 24.3 Å². The van der Waals surface area contributed by atoms with Crippen molar-refractivity contribution < 1.29 is 17.9 Å². The van der Waals surface area contributed by atoms with Gasteiger partial charge in [-0.15, -0.1) is 35.3 Å². The van der Waals surface area contributed by atoms with E-state index < -0.39 is 11.7 Å². The highest BCUT2D eigenvalue weighted by Crippen LogP contribution is 2.31. The monoisotopic (exact) mass is 514 g/mol. The molecule has 2 rings (SSSR count). The average molecular weight is 514 g/mol. The molecule has 0 saturated carbocycles. The number of ether oxygens (including phenoxy) is 1. The van der Waals surface area contributed by atoms with Crippen LogP contribution in [0.5, 0.6) is 5.75 Å². The molecule has 0 atom stereocenters. The second-order valence-corrected chi connectivity index (χ2v) is 6.76. The molecule has 0 amide bonds. The molecule has 0 bridgehead atoms. The topological polar surface area (TPSA) is 58.5 Å². The Morgan fingerprint density at radius 3 is 2.59 bits per heavy atom. The lowest BCUT2D eigenvalue weighted by Crippen LogP contribution is -2.38. The molecule has 2 aromatic rings. The number of thiazole rings is 1. The Bertz CT molecular complexity index is 745. The zero-order valence-electron chi connectivity index (χ0n) is 15.2. The van der Waals surface area contributed by atoms with Crippen LogP contribution in [0.25, 0.3) is 0 Å². The second-order valence-electron chi connectivity index (χ2n) is 5.48. The Kier molecular flexibility index (Phi) is 9.30. The molecular weight excluding hydrogens is 492 g/mol. The van der Waals surface area contributed by atoms with Gasteiger partial charge < -0.3 is 15.4 Å². The quantitative estimate of drug-likeness (QED) is 0.264. The zero-order chi connectivity index (χ0) is 19.2. The summed E-state index contributed by atoms with van der Waals surface area (Å²) in [5, 5.41) is 7.14. The highest BCUT2D eigenvalue weighted by Gasteiger charge is 2.30. The molecule has 5 nitrogen and oxygen atoms in total. The van der Waals surface area contributed by atoms with Crippen LogP contribution in [0, 0.1) is 13.8 Å². The van der Waals surface area contributed by atoms with Crippen molar-refractivity contribution in [1.82, 2.24) is 15.6 Å². The molecule has 1 aromatic heterocycles. The Balaban J connectivity index is 0.00000364. The van der Waals surface area contributed by atoms with Crippen molar-refractivity contribution in [2.45, 2.75) is 26.6 Å². The number of nitrogens with zero attached hydrogens (tertiary/aromatic N) is 2. The Hall–Kier alpha value is -1.56. The number of nitrogens with one attached hydrogen (secondary N) is 2. The minimum absolute atomic E-state index is 0. The predicted octanol–water partition coefficient (Wildman–Crippen LogP) is 4.14. The number of guanidine groups is 1. The number of hydrogen-bond acceptors (Lipinski definition) is 4. The van der Waals surface area contributed by atoms with Gasteiger partial charge in [0.1, 0.15) is 17.4 Å². The van der Waals surface area contributed by atoms with Gasteiger partial charge in [0.15, 0.2) is 5.96 Å². The van der Waals surface area contributed by atoms with E-state index in [2.05, 4.69) is 20.6 Å². The zero-order valence-corrected chi connectivity index (χ0v) is 18.3. The standard InChI is InChI=1S/C17H21F3N4OS.HI/c1-11-12(2)26-15(24-11)10-23-16(21-3)22-7-8-25-14-6-4-5-13(9-14)17(18,19)20;/h4-6,9H,7-8,10H2,1-3H3,(H2,21,22,23);1H. The second kappa shape index (κ2) is 10.7. The largest absolute Gasteiger partial charge is 0.492 e. The molecule has 0 radical (unpaired) electrons. The molecule has 1 aromatic carbocycles. The molecule has 2 N–H and O–H groups in total. The van der Waals surface area contributed by atoms with Crippen LogP contribution < -0.4 is 15.4 Å². The molecule has 10 heteroatoms. The van der Waals surface area contributed by atoms with E-state index in [-0.39, 0.29) is 36.3 Å². The summed E-state index contributed by atoms with van der Waals surface area (Å²) in [5.74, 6) is 0.751. The predicted molar refractivity (Wildman–Crippen MR) is 112 cm³/mol. The SMILES string of the molecule is CN=C(NCCOc1cccc(C(F)(F)F)c1)NCc1nc(C)c(C)s1.I. The normalized spacial score (nSPS) is 11.7. The van der Waals surface area contributed by atoms with Crippen LogP contribution in [0.4, 0.5) is 13.2 Å². The van der Waals surface area contributed by atoms with Crippen LogP contribution in [0.2, 0.25) is 0 Å². The van der Waals surface area contributed by atoms with E-state index in [0.29, 0.717) is 19.0 Å². The maximum Gasteiger partial charge on any atom is 0.416 e. The summed E-state index contributed by atoms with van der Waals surface area (Å²) in [6, 6.07) is 4.82. The van der Waals surface area contributed by atoms with Crippen LogP contribution in [0.1, 0.15) is 21.1 Å². The van der Waals surface area contributed by atoms with Gasteiger partial charge in [0.25, 0.3) is 0 Å². The van der Waals surface area contributed by atoms with Gasteiger partial charge in [-0.25, -0.2) is 4.98 Å². The number of alkyl halides is 3. The summed E-state index contributed by atoms with van der Waals surface area (Å²) in [6.07, 6.45) is -4.38. The van der Waals surface area contributed by atoms with E-state index in [1.807, 2.05) is 13.8 Å². The molecule has 0 saturated heterocycles. The third kappa shape index (κ3) is 7.53. The first-order valence-corrected chi connectivity index (χ1v) is 8.78. The first kappa shape index (κ1) is 23.5. The van der Waals surface area contributed by atoms with E-state index in [1.165, 1.54) is 17.0 Å². The molecular formula is C17H22F3IN4OS. The van der Waals surface area contributed by atoms with Crippen molar-refractivity contribution in [2.75, 3.05) is 20.2 Å². The maximum absolute atomic E-state index is 12.7. The smallest absolute Gasteiger partial charge is 0.416 e. The van der Waals surface area contributed by atoms with Crippen LogP contribution in [-0.2, 0) is 12.7 Å². The number of halogens is 4. The lowest BCUT2D eigenvalue weighted by molar-refractivity contribution is -0.137. The molecule has 0 fully saturated rings. The molecule has 0 aliphatic rings. The van der Waals surface area contributed by atoms with E-state index in [0.717, 1.165) is 22.8 Å². The fourth-order valence-electron chi connectivity index (χ4n) is 2.10. The molecule has 0 aliphatic heterocycles. The van der Waals surface area contributed by atoms with E-state index in [9.17, 15) is 13.2 Å². The number of aromatic nitrogens is 1. The van der Waals surface area contributed by atoms with Gasteiger partial charge >= 0.3 is 6.18 Å². The van der Waals surface area contributed by atoms with E-state index in [4.69, 9.17) is 4.74 Å². The maximum atomic E-state index is 12.7. The first-order chi connectivity index (χ1) is 12.3. The van der Waals surface area contributed by atoms with Crippen molar-refractivity contribution in [3.8, 4) is 5.75 Å². The van der Waals surface area contributed by atoms with E-state index >= 15 is 0 Å². The van der Waals surface area contributed by atoms with E-state index in [1.54, 1.807) is 18.4 Å². The highest BCUT2D eigenvalue weighted by molar-refractivity contribution is 14.0. The minimum Gasteiger partial charge on any atom is -0.492 e. The first-order valence-electron chi connectivity index (χ1n) is 7.97. The van der Waals surface area contributed by atoms with Crippen molar-refractivity contribution >= 4 is 41.3 Å². The summed E-state index contributed by atoms with van der Waals surface area (Å²) in [5.41, 5.74) is 0.290. The number of hydrogen-bond donors (Lipinski definition) is 2. The third-order valence-electron chi connectivity index (χ3n) is 3.53. The summed E-state index contributed by atoms with van der Waals surface area (Å²) < 4.78 is 43.4. The van der Waals surface area contributed by atoms with Crippen LogP contribution in [0.15, 0.2) is 29.3 Å². The Morgan fingerprint density at radius 2 is 2.00 bits per heavy atom. The van der Waals surface area contributed by atoms with Gasteiger partial charge in [0, 0.05) is 11.9 Å². The van der Waals surface area contributed by atoms with Gasteiger partial charge in [-0.2, -0.15) is 13.2 Å². The number of rotatable bonds is 6. The van der Waals surface area contributed by atoms with Crippen LogP contribution >= 0.6 is 35.3 Å². The van der Waals surface area contributed by atoms with Crippen molar-refractivity contribution in [1.29, 1.82) is 0 Å². The van der Waals surface area contributed by atoms with Crippen molar-refractivity contribution in [3.05, 3.63) is 45.4 Å². The fourth-order valence-corrected chi connectivity index (χ4v) is 2.97. The Labute approximate surface area is 177 Å². The summed E-state index contributed by atoms with van der Waals surface area (Å²) >= 11 is 1.62.